The lowest BCUT2D eigenvalue weighted by molar-refractivity contribution is 0.0950. The molecular formula is C16H16IN7O. The molecule has 0 aliphatic carbocycles. The second-order valence-electron chi connectivity index (χ2n) is 5.36. The van der Waals surface area contributed by atoms with Gasteiger partial charge in [-0.1, -0.05) is 23.4 Å². The van der Waals surface area contributed by atoms with Crippen molar-refractivity contribution in [3.63, 3.8) is 0 Å². The zero-order valence-corrected chi connectivity index (χ0v) is 15.6. The van der Waals surface area contributed by atoms with Crippen molar-refractivity contribution in [3.05, 3.63) is 62.9 Å². The molecule has 0 radical (unpaired) electrons. The summed E-state index contributed by atoms with van der Waals surface area (Å²) >= 11 is 2.15. The van der Waals surface area contributed by atoms with Crippen molar-refractivity contribution in [2.24, 2.45) is 0 Å². The van der Waals surface area contributed by atoms with Crippen molar-refractivity contribution in [2.75, 3.05) is 5.73 Å². The highest BCUT2D eigenvalue weighted by molar-refractivity contribution is 14.1. The molecule has 0 fully saturated rings. The third-order valence-corrected chi connectivity index (χ3v) is 4.71. The minimum absolute atomic E-state index is 0.151. The lowest BCUT2D eigenvalue weighted by Gasteiger charge is -2.06. The van der Waals surface area contributed by atoms with Gasteiger partial charge in [0.25, 0.3) is 5.91 Å². The third-order valence-electron chi connectivity index (χ3n) is 3.53. The number of anilines is 1. The number of benzene rings is 1. The van der Waals surface area contributed by atoms with E-state index in [0.717, 1.165) is 9.26 Å². The summed E-state index contributed by atoms with van der Waals surface area (Å²) in [5.74, 6) is 0.902. The van der Waals surface area contributed by atoms with Crippen molar-refractivity contribution in [3.8, 4) is 0 Å². The molecule has 3 aromatic rings. The van der Waals surface area contributed by atoms with Gasteiger partial charge in [-0.05, 0) is 41.6 Å². The predicted molar refractivity (Wildman–Crippen MR) is 101 cm³/mol. The van der Waals surface area contributed by atoms with E-state index >= 15 is 0 Å². The Kier molecular flexibility index (Phi) is 5.22. The van der Waals surface area contributed by atoms with E-state index in [4.69, 9.17) is 5.73 Å². The monoisotopic (exact) mass is 449 g/mol. The van der Waals surface area contributed by atoms with Crippen LogP contribution in [0, 0.1) is 10.6 Å². The molecule has 0 atom stereocenters. The van der Waals surface area contributed by atoms with Crippen molar-refractivity contribution in [2.45, 2.75) is 20.0 Å². The van der Waals surface area contributed by atoms with Crippen LogP contribution in [-0.4, -0.2) is 30.9 Å². The van der Waals surface area contributed by atoms with Crippen LogP contribution in [0.2, 0.25) is 0 Å². The van der Waals surface area contributed by atoms with Crippen LogP contribution in [-0.2, 0) is 13.1 Å². The number of hydrogen-bond donors (Lipinski definition) is 2. The van der Waals surface area contributed by atoms with E-state index in [9.17, 15) is 4.79 Å². The second kappa shape index (κ2) is 7.55. The number of nitrogens with one attached hydrogen (secondary N) is 1. The summed E-state index contributed by atoms with van der Waals surface area (Å²) in [5.41, 5.74) is 7.99. The lowest BCUT2D eigenvalue weighted by atomic mass is 10.2. The summed E-state index contributed by atoms with van der Waals surface area (Å²) in [4.78, 5) is 20.4. The largest absolute Gasteiger partial charge is 0.383 e. The Labute approximate surface area is 158 Å². The fourth-order valence-electron chi connectivity index (χ4n) is 2.20. The minimum atomic E-state index is -0.151. The summed E-state index contributed by atoms with van der Waals surface area (Å²) in [5, 5.41) is 11.1. The molecule has 128 valence electrons. The maximum Gasteiger partial charge on any atom is 0.251 e. The van der Waals surface area contributed by atoms with Gasteiger partial charge in [0.15, 0.2) is 0 Å². The van der Waals surface area contributed by atoms with E-state index in [1.807, 2.05) is 18.2 Å². The highest BCUT2D eigenvalue weighted by atomic mass is 127. The van der Waals surface area contributed by atoms with Gasteiger partial charge in [0.1, 0.15) is 21.0 Å². The molecule has 1 amide bonds. The van der Waals surface area contributed by atoms with Crippen LogP contribution in [0.15, 0.2) is 36.5 Å². The zero-order valence-electron chi connectivity index (χ0n) is 13.5. The number of aromatic nitrogens is 5. The fraction of sp³-hybridized carbons (Fsp3) is 0.188. The van der Waals surface area contributed by atoms with Gasteiger partial charge in [-0.2, -0.15) is 0 Å². The fourth-order valence-corrected chi connectivity index (χ4v) is 2.76. The number of nitrogen functional groups attached to an aromatic ring is 1. The number of halogens is 1. The van der Waals surface area contributed by atoms with Gasteiger partial charge in [-0.25, -0.2) is 14.6 Å². The Bertz CT molecular complexity index is 895. The first kappa shape index (κ1) is 17.3. The number of nitrogens with zero attached hydrogens (tertiary/aromatic N) is 5. The van der Waals surface area contributed by atoms with E-state index in [-0.39, 0.29) is 5.91 Å². The minimum Gasteiger partial charge on any atom is -0.383 e. The van der Waals surface area contributed by atoms with E-state index in [1.54, 1.807) is 29.9 Å². The Hall–Kier alpha value is -2.56. The quantitative estimate of drug-likeness (QED) is 0.572. The maximum atomic E-state index is 12.1. The molecule has 0 unspecified atom stereocenters. The normalized spacial score (nSPS) is 10.6. The second-order valence-corrected chi connectivity index (χ2v) is 6.38. The highest BCUT2D eigenvalue weighted by Crippen LogP contribution is 2.14. The van der Waals surface area contributed by atoms with Crippen molar-refractivity contribution in [1.29, 1.82) is 0 Å². The van der Waals surface area contributed by atoms with Crippen molar-refractivity contribution >= 4 is 34.3 Å². The Morgan fingerprint density at radius 2 is 2.08 bits per heavy atom. The van der Waals surface area contributed by atoms with Gasteiger partial charge in [-0.3, -0.25) is 4.79 Å². The molecule has 25 heavy (non-hydrogen) atoms. The van der Waals surface area contributed by atoms with Gasteiger partial charge in [0.2, 0.25) is 0 Å². The number of carbonyl (C=O) groups is 1. The van der Waals surface area contributed by atoms with Crippen LogP contribution in [0.4, 0.5) is 5.82 Å². The van der Waals surface area contributed by atoms with Crippen LogP contribution in [0.5, 0.6) is 0 Å². The topological polar surface area (TPSA) is 112 Å². The van der Waals surface area contributed by atoms with Crippen LogP contribution < -0.4 is 11.1 Å². The zero-order chi connectivity index (χ0) is 17.8. The average molecular weight is 449 g/mol. The van der Waals surface area contributed by atoms with Crippen LogP contribution in [0.25, 0.3) is 0 Å². The van der Waals surface area contributed by atoms with Gasteiger partial charge in [0, 0.05) is 17.3 Å². The molecule has 9 heteroatoms. The number of amides is 1. The standard InChI is InChI=1S/C16H16IN7O/c1-10-19-7-12(15(18)21-10)9-24-14(17)13(22-23-24)8-20-16(25)11-5-3-2-4-6-11/h2-7H,8-9H2,1H3,(H,20,25)(H2,18,19,21). The van der Waals surface area contributed by atoms with E-state index in [1.165, 1.54) is 0 Å². The summed E-state index contributed by atoms with van der Waals surface area (Å²) in [7, 11) is 0. The van der Waals surface area contributed by atoms with E-state index in [2.05, 4.69) is 48.2 Å². The molecule has 0 saturated heterocycles. The molecule has 3 rings (SSSR count). The Balaban J connectivity index is 1.68. The first-order chi connectivity index (χ1) is 12.0. The van der Waals surface area contributed by atoms with Crippen molar-refractivity contribution in [1.82, 2.24) is 30.3 Å². The average Bonchev–Trinajstić information content (AvgIpc) is 2.96. The number of hydrogen-bond acceptors (Lipinski definition) is 6. The molecule has 3 N–H and O–H groups in total. The SMILES string of the molecule is Cc1ncc(Cn2nnc(CNC(=O)c3ccccc3)c2I)c(N)n1. The molecule has 0 bridgehead atoms. The first-order valence-electron chi connectivity index (χ1n) is 7.53. The molecule has 2 heterocycles. The van der Waals surface area contributed by atoms with Gasteiger partial charge in [-0.15, -0.1) is 5.10 Å². The molecular weight excluding hydrogens is 433 g/mol. The molecule has 0 spiro atoms. The van der Waals surface area contributed by atoms with Crippen LogP contribution in [0.3, 0.4) is 0 Å². The molecule has 8 nitrogen and oxygen atoms in total. The summed E-state index contributed by atoms with van der Waals surface area (Å²) in [6.07, 6.45) is 1.69. The molecule has 0 aliphatic heterocycles. The Morgan fingerprint density at radius 3 is 2.80 bits per heavy atom. The third kappa shape index (κ3) is 4.10. The Morgan fingerprint density at radius 1 is 1.32 bits per heavy atom. The number of aryl methyl sites for hydroxylation is 1. The van der Waals surface area contributed by atoms with E-state index < -0.39 is 0 Å². The number of nitrogens with two attached hydrogens (primary N) is 1. The van der Waals surface area contributed by atoms with Crippen LogP contribution in [0.1, 0.15) is 27.4 Å². The molecule has 0 aliphatic rings. The number of carbonyl (C=O) groups excluding carboxylic acids is 1. The summed E-state index contributed by atoms with van der Waals surface area (Å²) < 4.78 is 2.53. The van der Waals surface area contributed by atoms with Gasteiger partial charge < -0.3 is 11.1 Å². The summed E-state index contributed by atoms with van der Waals surface area (Å²) in [6.45, 7) is 2.50. The van der Waals surface area contributed by atoms with Gasteiger partial charge in [0.05, 0.1) is 13.1 Å². The van der Waals surface area contributed by atoms with E-state index in [0.29, 0.717) is 36.0 Å². The highest BCUT2D eigenvalue weighted by Gasteiger charge is 2.13. The van der Waals surface area contributed by atoms with Crippen LogP contribution >= 0.6 is 22.6 Å². The lowest BCUT2D eigenvalue weighted by Crippen LogP contribution is -2.23. The number of rotatable bonds is 5. The molecule has 2 aromatic heterocycles. The maximum absolute atomic E-state index is 12.1. The van der Waals surface area contributed by atoms with Gasteiger partial charge >= 0.3 is 0 Å². The molecule has 1 aromatic carbocycles. The van der Waals surface area contributed by atoms with Crippen molar-refractivity contribution < 1.29 is 4.79 Å². The smallest absolute Gasteiger partial charge is 0.251 e. The predicted octanol–water partition coefficient (Wildman–Crippen LogP) is 1.54. The summed E-state index contributed by atoms with van der Waals surface area (Å²) in [6, 6.07) is 9.03. The molecule has 0 saturated carbocycles. The first-order valence-corrected chi connectivity index (χ1v) is 8.61.